The molecule has 1 amide bonds. The van der Waals surface area contributed by atoms with E-state index in [-0.39, 0.29) is 22.6 Å². The van der Waals surface area contributed by atoms with E-state index in [1.54, 1.807) is 25.2 Å². The van der Waals surface area contributed by atoms with Crippen LogP contribution in [0.15, 0.2) is 40.4 Å². The van der Waals surface area contributed by atoms with Crippen LogP contribution in [0.5, 0.6) is 0 Å². The number of nitrogen functional groups attached to an aromatic ring is 1. The molecule has 8 nitrogen and oxygen atoms in total. The van der Waals surface area contributed by atoms with Gasteiger partial charge in [-0.05, 0) is 44.0 Å². The topological polar surface area (TPSA) is 118 Å². The lowest BCUT2D eigenvalue weighted by Gasteiger charge is -2.30. The zero-order valence-corrected chi connectivity index (χ0v) is 18.8. The van der Waals surface area contributed by atoms with E-state index < -0.39 is 10.0 Å². The minimum atomic E-state index is -3.55. The van der Waals surface area contributed by atoms with Crippen molar-refractivity contribution in [2.45, 2.75) is 55.1 Å². The Morgan fingerprint density at radius 1 is 1.20 bits per heavy atom. The fourth-order valence-electron chi connectivity index (χ4n) is 3.47. The lowest BCUT2D eigenvalue weighted by molar-refractivity contribution is -0.113. The molecule has 0 saturated heterocycles. The van der Waals surface area contributed by atoms with Gasteiger partial charge in [0, 0.05) is 30.5 Å². The summed E-state index contributed by atoms with van der Waals surface area (Å²) >= 11 is 1.19. The van der Waals surface area contributed by atoms with E-state index in [0.717, 1.165) is 31.4 Å². The molecule has 0 unspecified atom stereocenters. The van der Waals surface area contributed by atoms with Gasteiger partial charge < -0.3 is 11.1 Å². The third-order valence-corrected chi connectivity index (χ3v) is 7.86. The molecular formula is C20H27N5O3S2. The number of carbonyl (C=O) groups is 1. The molecule has 1 aromatic heterocycles. The quantitative estimate of drug-likeness (QED) is 0.492. The van der Waals surface area contributed by atoms with Crippen molar-refractivity contribution in [3.05, 3.63) is 36.0 Å². The Kier molecular flexibility index (Phi) is 7.32. The fraction of sp³-hybridized carbons (Fsp3) is 0.450. The number of rotatable bonds is 7. The number of aryl methyl sites for hydroxylation is 1. The Bertz CT molecular complexity index is 970. The number of amides is 1. The van der Waals surface area contributed by atoms with Gasteiger partial charge in [0.05, 0.1) is 10.6 Å². The third-order valence-electron chi connectivity index (χ3n) is 5.09. The van der Waals surface area contributed by atoms with Crippen LogP contribution < -0.4 is 11.1 Å². The molecule has 3 N–H and O–H groups in total. The molecular weight excluding hydrogens is 422 g/mol. The Morgan fingerprint density at radius 2 is 1.87 bits per heavy atom. The van der Waals surface area contributed by atoms with Gasteiger partial charge in [-0.15, -0.1) is 0 Å². The third kappa shape index (κ3) is 5.71. The molecule has 3 rings (SSSR count). The van der Waals surface area contributed by atoms with Crippen molar-refractivity contribution >= 4 is 39.2 Å². The SMILES string of the molecule is Cc1cc(N)nc(SCC(=O)Nc2ccc(S(=O)(=O)N(C)C3CCCCC3)cc2)n1. The minimum Gasteiger partial charge on any atom is -0.384 e. The maximum atomic E-state index is 12.9. The average molecular weight is 450 g/mol. The summed E-state index contributed by atoms with van der Waals surface area (Å²) in [5.41, 5.74) is 6.96. The van der Waals surface area contributed by atoms with Crippen LogP contribution >= 0.6 is 11.8 Å². The maximum Gasteiger partial charge on any atom is 0.243 e. The summed E-state index contributed by atoms with van der Waals surface area (Å²) < 4.78 is 27.3. The van der Waals surface area contributed by atoms with E-state index in [2.05, 4.69) is 15.3 Å². The Hall–Kier alpha value is -2.17. The lowest BCUT2D eigenvalue weighted by atomic mass is 9.96. The normalized spacial score (nSPS) is 15.3. The minimum absolute atomic E-state index is 0.0537. The van der Waals surface area contributed by atoms with Crippen LogP contribution in [0.25, 0.3) is 0 Å². The van der Waals surface area contributed by atoms with Crippen molar-refractivity contribution in [1.82, 2.24) is 14.3 Å². The van der Waals surface area contributed by atoms with Gasteiger partial charge in [0.1, 0.15) is 5.82 Å². The summed E-state index contributed by atoms with van der Waals surface area (Å²) in [4.78, 5) is 20.7. The summed E-state index contributed by atoms with van der Waals surface area (Å²) in [6.07, 6.45) is 5.09. The van der Waals surface area contributed by atoms with Crippen molar-refractivity contribution in [3.63, 3.8) is 0 Å². The number of benzene rings is 1. The molecule has 0 atom stereocenters. The molecule has 1 aliphatic rings. The zero-order valence-electron chi connectivity index (χ0n) is 17.2. The van der Waals surface area contributed by atoms with Gasteiger partial charge >= 0.3 is 0 Å². The number of sulfonamides is 1. The van der Waals surface area contributed by atoms with E-state index in [9.17, 15) is 13.2 Å². The van der Waals surface area contributed by atoms with E-state index in [1.807, 2.05) is 6.92 Å². The van der Waals surface area contributed by atoms with Gasteiger partial charge in [0.2, 0.25) is 15.9 Å². The number of anilines is 2. The van der Waals surface area contributed by atoms with Crippen LogP contribution in [0.2, 0.25) is 0 Å². The molecule has 1 saturated carbocycles. The smallest absolute Gasteiger partial charge is 0.243 e. The van der Waals surface area contributed by atoms with Crippen molar-refractivity contribution in [1.29, 1.82) is 0 Å². The number of thioether (sulfide) groups is 1. The van der Waals surface area contributed by atoms with Crippen molar-refractivity contribution in [2.24, 2.45) is 0 Å². The van der Waals surface area contributed by atoms with Gasteiger partial charge in [-0.2, -0.15) is 4.31 Å². The van der Waals surface area contributed by atoms with Crippen LogP contribution in [0.1, 0.15) is 37.8 Å². The van der Waals surface area contributed by atoms with Crippen LogP contribution in [0.4, 0.5) is 11.5 Å². The highest BCUT2D eigenvalue weighted by Crippen LogP contribution is 2.27. The van der Waals surface area contributed by atoms with Crippen LogP contribution in [0, 0.1) is 6.92 Å². The van der Waals surface area contributed by atoms with E-state index in [0.29, 0.717) is 16.7 Å². The molecule has 30 heavy (non-hydrogen) atoms. The first-order valence-electron chi connectivity index (χ1n) is 9.87. The standard InChI is InChI=1S/C20H27N5O3S2/c1-14-12-18(21)24-20(22-14)29-13-19(26)23-15-8-10-17(11-9-15)30(27,28)25(2)16-6-4-3-5-7-16/h8-12,16H,3-7,13H2,1-2H3,(H,23,26)(H2,21,22,24). The van der Waals surface area contributed by atoms with Crippen LogP contribution in [0.3, 0.4) is 0 Å². The molecule has 162 valence electrons. The van der Waals surface area contributed by atoms with Gasteiger partial charge in [-0.25, -0.2) is 18.4 Å². The Balaban J connectivity index is 1.58. The number of nitrogens with zero attached hydrogens (tertiary/aromatic N) is 3. The van der Waals surface area contributed by atoms with E-state index in [1.165, 1.54) is 34.6 Å². The molecule has 1 heterocycles. The number of aromatic nitrogens is 2. The summed E-state index contributed by atoms with van der Waals surface area (Å²) in [5.74, 6) is 0.242. The second-order valence-corrected chi connectivity index (χ2v) is 10.3. The van der Waals surface area contributed by atoms with Crippen molar-refractivity contribution in [3.8, 4) is 0 Å². The highest BCUT2D eigenvalue weighted by Gasteiger charge is 2.28. The highest BCUT2D eigenvalue weighted by atomic mass is 32.2. The summed E-state index contributed by atoms with van der Waals surface area (Å²) in [7, 11) is -1.90. The average Bonchev–Trinajstić information content (AvgIpc) is 2.72. The molecule has 1 aromatic carbocycles. The van der Waals surface area contributed by atoms with E-state index in [4.69, 9.17) is 5.73 Å². The van der Waals surface area contributed by atoms with Crippen molar-refractivity contribution in [2.75, 3.05) is 23.9 Å². The predicted molar refractivity (Wildman–Crippen MR) is 119 cm³/mol. The molecule has 10 heteroatoms. The molecule has 0 bridgehead atoms. The molecule has 1 aliphatic carbocycles. The zero-order chi connectivity index (χ0) is 21.7. The first kappa shape index (κ1) is 22.5. The van der Waals surface area contributed by atoms with Crippen molar-refractivity contribution < 1.29 is 13.2 Å². The van der Waals surface area contributed by atoms with Gasteiger partial charge in [-0.1, -0.05) is 31.0 Å². The second kappa shape index (κ2) is 9.76. The molecule has 2 aromatic rings. The highest BCUT2D eigenvalue weighted by molar-refractivity contribution is 7.99. The number of carbonyl (C=O) groups excluding carboxylic acids is 1. The summed E-state index contributed by atoms with van der Waals surface area (Å²) in [5, 5.41) is 3.20. The van der Waals surface area contributed by atoms with Crippen LogP contribution in [-0.2, 0) is 14.8 Å². The maximum absolute atomic E-state index is 12.9. The van der Waals surface area contributed by atoms with Gasteiger partial charge in [-0.3, -0.25) is 4.79 Å². The predicted octanol–water partition coefficient (Wildman–Crippen LogP) is 3.05. The molecule has 0 radical (unpaired) electrons. The van der Waals surface area contributed by atoms with Crippen LogP contribution in [-0.4, -0.2) is 47.4 Å². The fourth-order valence-corrected chi connectivity index (χ4v) is 5.60. The number of hydrogen-bond acceptors (Lipinski definition) is 7. The number of nitrogens with one attached hydrogen (secondary N) is 1. The monoisotopic (exact) mass is 449 g/mol. The molecule has 1 fully saturated rings. The lowest BCUT2D eigenvalue weighted by Crippen LogP contribution is -2.38. The largest absolute Gasteiger partial charge is 0.384 e. The summed E-state index contributed by atoms with van der Waals surface area (Å²) in [6, 6.07) is 7.98. The molecule has 0 aliphatic heterocycles. The number of hydrogen-bond donors (Lipinski definition) is 2. The van der Waals surface area contributed by atoms with Gasteiger partial charge in [0.25, 0.3) is 0 Å². The first-order valence-corrected chi connectivity index (χ1v) is 12.3. The van der Waals surface area contributed by atoms with Gasteiger partial charge in [0.15, 0.2) is 5.16 Å². The van der Waals surface area contributed by atoms with E-state index >= 15 is 0 Å². The number of nitrogens with two attached hydrogens (primary N) is 1. The Labute approximate surface area is 181 Å². The Morgan fingerprint density at radius 3 is 2.50 bits per heavy atom. The second-order valence-electron chi connectivity index (χ2n) is 7.39. The summed E-state index contributed by atoms with van der Waals surface area (Å²) in [6.45, 7) is 1.81. The first-order chi connectivity index (χ1) is 14.3. The molecule has 0 spiro atoms.